The van der Waals surface area contributed by atoms with Crippen LogP contribution in [0.2, 0.25) is 0 Å². The maximum atomic E-state index is 12.1. The normalized spacial score (nSPS) is 10.6. The van der Waals surface area contributed by atoms with E-state index in [0.29, 0.717) is 11.3 Å². The number of hydrogen-bond acceptors (Lipinski definition) is 3. The number of rotatable bonds is 4. The third-order valence-corrected chi connectivity index (χ3v) is 3.50. The topological polar surface area (TPSA) is 71.3 Å². The SMILES string of the molecule is O=C(C=Cc1ccco1)NNC(=O)c1ccc(-c2ccccc2)cc1. The molecule has 0 unspecified atom stereocenters. The van der Waals surface area contributed by atoms with Crippen molar-refractivity contribution in [1.29, 1.82) is 0 Å². The second-order valence-corrected chi connectivity index (χ2v) is 5.24. The molecule has 0 radical (unpaired) electrons. The van der Waals surface area contributed by atoms with Crippen LogP contribution in [0.25, 0.3) is 17.2 Å². The molecule has 0 aliphatic rings. The summed E-state index contributed by atoms with van der Waals surface area (Å²) < 4.78 is 5.07. The lowest BCUT2D eigenvalue weighted by molar-refractivity contribution is -0.117. The van der Waals surface area contributed by atoms with Crippen LogP contribution in [0.15, 0.2) is 83.5 Å². The minimum absolute atomic E-state index is 0.389. The van der Waals surface area contributed by atoms with Crippen LogP contribution in [0.4, 0.5) is 0 Å². The van der Waals surface area contributed by atoms with E-state index in [9.17, 15) is 9.59 Å². The summed E-state index contributed by atoms with van der Waals surface area (Å²) in [5.41, 5.74) is 7.24. The Morgan fingerprint density at radius 3 is 2.20 bits per heavy atom. The highest BCUT2D eigenvalue weighted by molar-refractivity contribution is 5.98. The molecule has 2 amide bonds. The third-order valence-electron chi connectivity index (χ3n) is 3.50. The summed E-state index contributed by atoms with van der Waals surface area (Å²) in [4.78, 5) is 23.7. The van der Waals surface area contributed by atoms with Crippen molar-refractivity contribution in [2.24, 2.45) is 0 Å². The van der Waals surface area contributed by atoms with E-state index in [-0.39, 0.29) is 5.91 Å². The fraction of sp³-hybridized carbons (Fsp3) is 0. The highest BCUT2D eigenvalue weighted by Gasteiger charge is 2.06. The maximum absolute atomic E-state index is 12.1. The quantitative estimate of drug-likeness (QED) is 0.568. The van der Waals surface area contributed by atoms with Gasteiger partial charge in [-0.15, -0.1) is 0 Å². The second kappa shape index (κ2) is 7.79. The monoisotopic (exact) mass is 332 g/mol. The van der Waals surface area contributed by atoms with E-state index in [0.717, 1.165) is 11.1 Å². The highest BCUT2D eigenvalue weighted by Crippen LogP contribution is 2.19. The zero-order chi connectivity index (χ0) is 17.5. The van der Waals surface area contributed by atoms with E-state index in [1.165, 1.54) is 18.4 Å². The fourth-order valence-corrected chi connectivity index (χ4v) is 2.22. The van der Waals surface area contributed by atoms with Gasteiger partial charge in [0.25, 0.3) is 11.8 Å². The van der Waals surface area contributed by atoms with Crippen LogP contribution in [0.3, 0.4) is 0 Å². The Morgan fingerprint density at radius 1 is 0.800 bits per heavy atom. The van der Waals surface area contributed by atoms with Crippen LogP contribution in [-0.2, 0) is 4.79 Å². The van der Waals surface area contributed by atoms with Gasteiger partial charge in [-0.25, -0.2) is 0 Å². The van der Waals surface area contributed by atoms with E-state index in [1.807, 2.05) is 42.5 Å². The molecule has 0 atom stereocenters. The Labute approximate surface area is 145 Å². The molecule has 25 heavy (non-hydrogen) atoms. The van der Waals surface area contributed by atoms with Gasteiger partial charge in [-0.05, 0) is 41.5 Å². The summed E-state index contributed by atoms with van der Waals surface area (Å²) >= 11 is 0. The Morgan fingerprint density at radius 2 is 1.52 bits per heavy atom. The van der Waals surface area contributed by atoms with E-state index >= 15 is 0 Å². The molecular weight excluding hydrogens is 316 g/mol. The van der Waals surface area contributed by atoms with Crippen molar-refractivity contribution in [2.45, 2.75) is 0 Å². The van der Waals surface area contributed by atoms with Crippen molar-refractivity contribution >= 4 is 17.9 Å². The number of carbonyl (C=O) groups excluding carboxylic acids is 2. The lowest BCUT2D eigenvalue weighted by atomic mass is 10.0. The van der Waals surface area contributed by atoms with Gasteiger partial charge in [0.15, 0.2) is 0 Å². The second-order valence-electron chi connectivity index (χ2n) is 5.24. The number of hydrogen-bond donors (Lipinski definition) is 2. The van der Waals surface area contributed by atoms with E-state index in [4.69, 9.17) is 4.42 Å². The molecule has 0 aliphatic carbocycles. The number of carbonyl (C=O) groups is 2. The van der Waals surface area contributed by atoms with Crippen LogP contribution >= 0.6 is 0 Å². The van der Waals surface area contributed by atoms with Gasteiger partial charge in [0.2, 0.25) is 0 Å². The molecule has 1 heterocycles. The Kier molecular flexibility index (Phi) is 5.07. The zero-order valence-electron chi connectivity index (χ0n) is 13.3. The first-order valence-corrected chi connectivity index (χ1v) is 7.70. The molecule has 3 aromatic rings. The van der Waals surface area contributed by atoms with Crippen LogP contribution in [0.5, 0.6) is 0 Å². The average Bonchev–Trinajstić information content (AvgIpc) is 3.19. The molecule has 1 aromatic heterocycles. The van der Waals surface area contributed by atoms with Gasteiger partial charge in [-0.1, -0.05) is 42.5 Å². The summed E-state index contributed by atoms with van der Waals surface area (Å²) in [5.74, 6) is -0.289. The summed E-state index contributed by atoms with van der Waals surface area (Å²) in [5, 5.41) is 0. The number of nitrogens with one attached hydrogen (secondary N) is 2. The van der Waals surface area contributed by atoms with Crippen molar-refractivity contribution in [3.8, 4) is 11.1 Å². The summed E-state index contributed by atoms with van der Waals surface area (Å²) in [6.07, 6.45) is 4.30. The predicted molar refractivity (Wildman–Crippen MR) is 95.2 cm³/mol. The maximum Gasteiger partial charge on any atom is 0.269 e. The Hall–Kier alpha value is -3.60. The van der Waals surface area contributed by atoms with Crippen molar-refractivity contribution in [3.63, 3.8) is 0 Å². The summed E-state index contributed by atoms with van der Waals surface area (Å²) in [7, 11) is 0. The minimum Gasteiger partial charge on any atom is -0.465 e. The van der Waals surface area contributed by atoms with E-state index in [1.54, 1.807) is 24.3 Å². The average molecular weight is 332 g/mol. The summed E-state index contributed by atoms with van der Waals surface area (Å²) in [6.45, 7) is 0. The first-order valence-electron chi connectivity index (χ1n) is 7.70. The zero-order valence-corrected chi connectivity index (χ0v) is 13.3. The highest BCUT2D eigenvalue weighted by atomic mass is 16.3. The standard InChI is InChI=1S/C20H16N2O3/c23-19(13-12-18-7-4-14-25-18)21-22-20(24)17-10-8-16(9-11-17)15-5-2-1-3-6-15/h1-14H,(H,21,23)(H,22,24). The molecule has 0 saturated heterocycles. The molecule has 0 spiro atoms. The number of amides is 2. The van der Waals surface area contributed by atoms with Crippen LogP contribution in [-0.4, -0.2) is 11.8 Å². The predicted octanol–water partition coefficient (Wildman–Crippen LogP) is 3.42. The van der Waals surface area contributed by atoms with Crippen molar-refractivity contribution < 1.29 is 14.0 Å². The third kappa shape index (κ3) is 4.45. The number of benzene rings is 2. The minimum atomic E-state index is -0.453. The molecule has 2 aromatic carbocycles. The molecule has 2 N–H and O–H groups in total. The molecule has 0 bridgehead atoms. The van der Waals surface area contributed by atoms with Gasteiger partial charge in [-0.3, -0.25) is 20.4 Å². The Balaban J connectivity index is 1.55. The molecule has 3 rings (SSSR count). The summed E-state index contributed by atoms with van der Waals surface area (Å²) in [6, 6.07) is 20.5. The number of furan rings is 1. The molecule has 0 fully saturated rings. The van der Waals surface area contributed by atoms with Gasteiger partial charge in [0.1, 0.15) is 5.76 Å². The van der Waals surface area contributed by atoms with Crippen LogP contribution in [0.1, 0.15) is 16.1 Å². The van der Waals surface area contributed by atoms with Crippen molar-refractivity contribution in [3.05, 3.63) is 90.4 Å². The van der Waals surface area contributed by atoms with Gasteiger partial charge < -0.3 is 4.42 Å². The lowest BCUT2D eigenvalue weighted by Crippen LogP contribution is -2.40. The van der Waals surface area contributed by atoms with Crippen LogP contribution < -0.4 is 10.9 Å². The first kappa shape index (κ1) is 16.3. The van der Waals surface area contributed by atoms with Crippen LogP contribution in [0, 0.1) is 0 Å². The van der Waals surface area contributed by atoms with E-state index in [2.05, 4.69) is 10.9 Å². The lowest BCUT2D eigenvalue weighted by Gasteiger charge is -2.06. The molecule has 0 saturated carbocycles. The largest absolute Gasteiger partial charge is 0.465 e. The molecule has 0 aliphatic heterocycles. The van der Waals surface area contributed by atoms with Gasteiger partial charge >= 0.3 is 0 Å². The van der Waals surface area contributed by atoms with Gasteiger partial charge in [0.05, 0.1) is 6.26 Å². The van der Waals surface area contributed by atoms with Crippen molar-refractivity contribution in [1.82, 2.24) is 10.9 Å². The smallest absolute Gasteiger partial charge is 0.269 e. The molecule has 5 nitrogen and oxygen atoms in total. The molecule has 124 valence electrons. The molecule has 5 heteroatoms. The van der Waals surface area contributed by atoms with Gasteiger partial charge in [0, 0.05) is 11.6 Å². The molecular formula is C20H16N2O3. The Bertz CT molecular complexity index is 867. The van der Waals surface area contributed by atoms with Crippen molar-refractivity contribution in [2.75, 3.05) is 0 Å². The number of hydrazine groups is 1. The van der Waals surface area contributed by atoms with Gasteiger partial charge in [-0.2, -0.15) is 0 Å². The fourth-order valence-electron chi connectivity index (χ4n) is 2.22. The first-order chi connectivity index (χ1) is 12.2. The van der Waals surface area contributed by atoms with E-state index < -0.39 is 5.91 Å².